The summed E-state index contributed by atoms with van der Waals surface area (Å²) < 4.78 is 6.97. The summed E-state index contributed by atoms with van der Waals surface area (Å²) in [4.78, 5) is 0. The van der Waals surface area contributed by atoms with Crippen molar-refractivity contribution in [3.63, 3.8) is 0 Å². The first-order valence-electron chi connectivity index (χ1n) is 6.33. The van der Waals surface area contributed by atoms with Gasteiger partial charge in [-0.25, -0.2) is 0 Å². The number of benzene rings is 1. The van der Waals surface area contributed by atoms with Crippen LogP contribution in [0.2, 0.25) is 0 Å². The first kappa shape index (κ1) is 12.9. The number of hydrogen-bond donors (Lipinski definition) is 1. The van der Waals surface area contributed by atoms with Crippen LogP contribution in [0.4, 0.5) is 0 Å². The molecule has 1 aromatic rings. The van der Waals surface area contributed by atoms with E-state index in [0.717, 1.165) is 23.4 Å². The van der Waals surface area contributed by atoms with Gasteiger partial charge in [0, 0.05) is 16.4 Å². The van der Waals surface area contributed by atoms with Gasteiger partial charge in [0.05, 0.1) is 6.61 Å². The highest BCUT2D eigenvalue weighted by Gasteiger charge is 2.31. The van der Waals surface area contributed by atoms with Crippen LogP contribution in [0.1, 0.15) is 32.1 Å². The minimum atomic E-state index is 0.214. The SMILES string of the molecule is NCC1(COc2ccc(Br)cc2)CCCCC1. The normalized spacial score (nSPS) is 18.9. The van der Waals surface area contributed by atoms with Crippen molar-refractivity contribution in [3.05, 3.63) is 28.7 Å². The second kappa shape index (κ2) is 5.87. The zero-order valence-electron chi connectivity index (χ0n) is 10.1. The van der Waals surface area contributed by atoms with E-state index in [1.165, 1.54) is 32.1 Å². The Hall–Kier alpha value is -0.540. The van der Waals surface area contributed by atoms with Crippen molar-refractivity contribution in [1.82, 2.24) is 0 Å². The van der Waals surface area contributed by atoms with Gasteiger partial charge in [-0.1, -0.05) is 35.2 Å². The molecule has 0 heterocycles. The minimum Gasteiger partial charge on any atom is -0.493 e. The quantitative estimate of drug-likeness (QED) is 0.919. The van der Waals surface area contributed by atoms with Crippen molar-refractivity contribution in [2.75, 3.05) is 13.2 Å². The van der Waals surface area contributed by atoms with E-state index in [1.807, 2.05) is 24.3 Å². The van der Waals surface area contributed by atoms with Gasteiger partial charge in [-0.3, -0.25) is 0 Å². The number of rotatable bonds is 4. The maximum atomic E-state index is 5.94. The summed E-state index contributed by atoms with van der Waals surface area (Å²) in [5.74, 6) is 0.937. The molecular formula is C14H20BrNO. The fourth-order valence-corrected chi connectivity index (χ4v) is 2.74. The van der Waals surface area contributed by atoms with Gasteiger partial charge in [-0.15, -0.1) is 0 Å². The molecule has 94 valence electrons. The van der Waals surface area contributed by atoms with Gasteiger partial charge in [-0.2, -0.15) is 0 Å². The molecule has 0 amide bonds. The summed E-state index contributed by atoms with van der Waals surface area (Å²) in [5, 5.41) is 0. The Balaban J connectivity index is 1.93. The highest BCUT2D eigenvalue weighted by Crippen LogP contribution is 2.35. The number of hydrogen-bond acceptors (Lipinski definition) is 2. The largest absolute Gasteiger partial charge is 0.493 e. The van der Waals surface area contributed by atoms with Crippen LogP contribution in [-0.4, -0.2) is 13.2 Å². The standard InChI is InChI=1S/C14H20BrNO/c15-12-4-6-13(7-5-12)17-11-14(10-16)8-2-1-3-9-14/h4-7H,1-3,8-11,16H2. The Morgan fingerprint density at radius 1 is 1.12 bits per heavy atom. The van der Waals surface area contributed by atoms with Crippen LogP contribution in [0, 0.1) is 5.41 Å². The Labute approximate surface area is 112 Å². The summed E-state index contributed by atoms with van der Waals surface area (Å²) in [6.07, 6.45) is 6.35. The van der Waals surface area contributed by atoms with Crippen molar-refractivity contribution in [2.24, 2.45) is 11.1 Å². The summed E-state index contributed by atoms with van der Waals surface area (Å²) in [6, 6.07) is 8.00. The van der Waals surface area contributed by atoms with Crippen LogP contribution >= 0.6 is 15.9 Å². The fraction of sp³-hybridized carbons (Fsp3) is 0.571. The maximum absolute atomic E-state index is 5.94. The van der Waals surface area contributed by atoms with Crippen molar-refractivity contribution < 1.29 is 4.74 Å². The molecule has 1 saturated carbocycles. The Morgan fingerprint density at radius 3 is 2.35 bits per heavy atom. The van der Waals surface area contributed by atoms with Gasteiger partial charge in [0.15, 0.2) is 0 Å². The molecule has 2 N–H and O–H groups in total. The molecule has 0 radical (unpaired) electrons. The first-order valence-corrected chi connectivity index (χ1v) is 7.12. The number of halogens is 1. The monoisotopic (exact) mass is 297 g/mol. The van der Waals surface area contributed by atoms with Crippen LogP contribution in [0.15, 0.2) is 28.7 Å². The van der Waals surface area contributed by atoms with Crippen LogP contribution in [-0.2, 0) is 0 Å². The molecule has 2 nitrogen and oxygen atoms in total. The summed E-state index contributed by atoms with van der Waals surface area (Å²) in [5.41, 5.74) is 6.15. The van der Waals surface area contributed by atoms with Crippen LogP contribution in [0.5, 0.6) is 5.75 Å². The number of nitrogens with two attached hydrogens (primary N) is 1. The summed E-state index contributed by atoms with van der Waals surface area (Å²) in [7, 11) is 0. The molecule has 0 aliphatic heterocycles. The average molecular weight is 298 g/mol. The molecule has 1 aliphatic rings. The van der Waals surface area contributed by atoms with Crippen molar-refractivity contribution in [1.29, 1.82) is 0 Å². The molecule has 1 fully saturated rings. The van der Waals surface area contributed by atoms with E-state index in [0.29, 0.717) is 0 Å². The van der Waals surface area contributed by atoms with Gasteiger partial charge in [0.1, 0.15) is 5.75 Å². The van der Waals surface area contributed by atoms with Crippen molar-refractivity contribution in [2.45, 2.75) is 32.1 Å². The molecule has 0 bridgehead atoms. The van der Waals surface area contributed by atoms with E-state index in [-0.39, 0.29) is 5.41 Å². The minimum absolute atomic E-state index is 0.214. The van der Waals surface area contributed by atoms with E-state index >= 15 is 0 Å². The van der Waals surface area contributed by atoms with Crippen molar-refractivity contribution in [3.8, 4) is 5.75 Å². The molecule has 17 heavy (non-hydrogen) atoms. The lowest BCUT2D eigenvalue weighted by Gasteiger charge is -2.35. The smallest absolute Gasteiger partial charge is 0.119 e. The molecule has 1 aromatic carbocycles. The Kier molecular flexibility index (Phi) is 4.46. The third-order valence-corrected chi connectivity index (χ3v) is 4.23. The van der Waals surface area contributed by atoms with Gasteiger partial charge >= 0.3 is 0 Å². The van der Waals surface area contributed by atoms with E-state index in [4.69, 9.17) is 10.5 Å². The zero-order chi connectivity index (χ0) is 12.1. The predicted molar refractivity (Wildman–Crippen MR) is 74.2 cm³/mol. The van der Waals surface area contributed by atoms with E-state index < -0.39 is 0 Å². The maximum Gasteiger partial charge on any atom is 0.119 e. The molecule has 0 unspecified atom stereocenters. The van der Waals surface area contributed by atoms with E-state index in [2.05, 4.69) is 15.9 Å². The first-order chi connectivity index (χ1) is 8.24. The third-order valence-electron chi connectivity index (χ3n) is 3.71. The molecule has 3 heteroatoms. The average Bonchev–Trinajstić information content (AvgIpc) is 2.39. The predicted octanol–water partition coefficient (Wildman–Crippen LogP) is 3.74. The lowest BCUT2D eigenvalue weighted by atomic mass is 9.75. The lowest BCUT2D eigenvalue weighted by Crippen LogP contribution is -2.38. The van der Waals surface area contributed by atoms with Gasteiger partial charge in [-0.05, 0) is 37.1 Å². The fourth-order valence-electron chi connectivity index (χ4n) is 2.48. The summed E-state index contributed by atoms with van der Waals surface area (Å²) in [6.45, 7) is 1.49. The van der Waals surface area contributed by atoms with Gasteiger partial charge in [0.2, 0.25) is 0 Å². The van der Waals surface area contributed by atoms with Gasteiger partial charge in [0.25, 0.3) is 0 Å². The van der Waals surface area contributed by atoms with E-state index in [1.54, 1.807) is 0 Å². The Morgan fingerprint density at radius 2 is 1.76 bits per heavy atom. The van der Waals surface area contributed by atoms with Crippen LogP contribution < -0.4 is 10.5 Å². The second-order valence-electron chi connectivity index (χ2n) is 5.01. The molecule has 0 aromatic heterocycles. The second-order valence-corrected chi connectivity index (χ2v) is 5.92. The summed E-state index contributed by atoms with van der Waals surface area (Å²) >= 11 is 3.42. The third kappa shape index (κ3) is 3.46. The Bertz CT molecular complexity index is 344. The molecule has 0 saturated heterocycles. The molecule has 0 atom stereocenters. The van der Waals surface area contributed by atoms with Crippen LogP contribution in [0.3, 0.4) is 0 Å². The molecule has 0 spiro atoms. The van der Waals surface area contributed by atoms with Crippen molar-refractivity contribution >= 4 is 15.9 Å². The molecule has 1 aliphatic carbocycles. The van der Waals surface area contributed by atoms with Crippen LogP contribution in [0.25, 0.3) is 0 Å². The van der Waals surface area contributed by atoms with Gasteiger partial charge < -0.3 is 10.5 Å². The lowest BCUT2D eigenvalue weighted by molar-refractivity contribution is 0.105. The number of ether oxygens (including phenoxy) is 1. The zero-order valence-corrected chi connectivity index (χ0v) is 11.7. The highest BCUT2D eigenvalue weighted by atomic mass is 79.9. The molecular weight excluding hydrogens is 278 g/mol. The highest BCUT2D eigenvalue weighted by molar-refractivity contribution is 9.10. The topological polar surface area (TPSA) is 35.2 Å². The molecule has 2 rings (SSSR count). The van der Waals surface area contributed by atoms with E-state index in [9.17, 15) is 0 Å².